The molecule has 0 aromatic rings. The highest BCUT2D eigenvalue weighted by atomic mass is 16.4. The smallest absolute Gasteiger partial charge is 0.311 e. The van der Waals surface area contributed by atoms with Gasteiger partial charge in [-0.05, 0) is 19.8 Å². The van der Waals surface area contributed by atoms with Crippen LogP contribution in [-0.2, 0) is 14.4 Å². The number of nitrogens with zero attached hydrogens (tertiary/aromatic N) is 1. The van der Waals surface area contributed by atoms with Crippen molar-refractivity contribution >= 4 is 17.8 Å². The number of nitrogens with one attached hydrogen (secondary N) is 1. The molecular formula is C11H19N3O4. The molecule has 0 bridgehead atoms. The Bertz CT molecular complexity index is 358. The molecule has 0 saturated carbocycles. The minimum Gasteiger partial charge on any atom is -0.481 e. The number of hydrogen-bond acceptors (Lipinski definition) is 4. The van der Waals surface area contributed by atoms with E-state index in [9.17, 15) is 14.4 Å². The molecule has 7 nitrogen and oxygen atoms in total. The van der Waals surface area contributed by atoms with Crippen LogP contribution in [0, 0.1) is 5.41 Å². The summed E-state index contributed by atoms with van der Waals surface area (Å²) in [6, 6.07) is 0. The van der Waals surface area contributed by atoms with Gasteiger partial charge in [0.05, 0.1) is 18.5 Å². The van der Waals surface area contributed by atoms with Gasteiger partial charge in [-0.25, -0.2) is 0 Å². The highest BCUT2D eigenvalue weighted by Crippen LogP contribution is 2.29. The van der Waals surface area contributed by atoms with Crippen LogP contribution in [0.4, 0.5) is 0 Å². The Hall–Kier alpha value is -1.63. The van der Waals surface area contributed by atoms with Gasteiger partial charge in [0.2, 0.25) is 11.8 Å². The third kappa shape index (κ3) is 3.43. The maximum atomic E-state index is 11.8. The number of amides is 2. The molecule has 1 atom stereocenters. The molecule has 1 saturated heterocycles. The highest BCUT2D eigenvalue weighted by molar-refractivity contribution is 5.86. The lowest BCUT2D eigenvalue weighted by Gasteiger charge is -2.37. The Morgan fingerprint density at radius 2 is 2.11 bits per heavy atom. The Morgan fingerprint density at radius 3 is 2.67 bits per heavy atom. The van der Waals surface area contributed by atoms with Crippen LogP contribution < -0.4 is 11.1 Å². The lowest BCUT2D eigenvalue weighted by Crippen LogP contribution is -2.51. The monoisotopic (exact) mass is 257 g/mol. The molecule has 0 radical (unpaired) electrons. The molecule has 102 valence electrons. The van der Waals surface area contributed by atoms with Crippen LogP contribution in [0.25, 0.3) is 0 Å². The standard InChI is InChI=1S/C11H19N3O4/c1-11(10(17)18)3-2-4-14(7-11)9(16)6-13-8(15)5-12/h2-7,12H2,1H3,(H,13,15)(H,17,18). The fraction of sp³-hybridized carbons (Fsp3) is 0.727. The number of likely N-dealkylation sites (tertiary alicyclic amines) is 1. The van der Waals surface area contributed by atoms with Gasteiger partial charge in [-0.3, -0.25) is 14.4 Å². The van der Waals surface area contributed by atoms with Crippen LogP contribution in [0.3, 0.4) is 0 Å². The predicted octanol–water partition coefficient (Wildman–Crippen LogP) is -1.23. The van der Waals surface area contributed by atoms with Gasteiger partial charge in [0.15, 0.2) is 0 Å². The van der Waals surface area contributed by atoms with E-state index in [0.717, 1.165) is 0 Å². The van der Waals surface area contributed by atoms with Crippen molar-refractivity contribution in [1.29, 1.82) is 0 Å². The Morgan fingerprint density at radius 1 is 1.44 bits per heavy atom. The second-order valence-corrected chi connectivity index (χ2v) is 4.77. The average Bonchev–Trinajstić information content (AvgIpc) is 2.35. The van der Waals surface area contributed by atoms with Crippen molar-refractivity contribution in [2.75, 3.05) is 26.2 Å². The minimum absolute atomic E-state index is 0.133. The summed E-state index contributed by atoms with van der Waals surface area (Å²) < 4.78 is 0. The minimum atomic E-state index is -0.897. The fourth-order valence-corrected chi connectivity index (χ4v) is 1.99. The van der Waals surface area contributed by atoms with E-state index in [0.29, 0.717) is 19.4 Å². The first-order valence-corrected chi connectivity index (χ1v) is 5.87. The first-order chi connectivity index (χ1) is 8.39. The third-order valence-corrected chi connectivity index (χ3v) is 3.19. The Kier molecular flexibility index (Phi) is 4.66. The second-order valence-electron chi connectivity index (χ2n) is 4.77. The number of piperidine rings is 1. The Labute approximate surface area is 105 Å². The van der Waals surface area contributed by atoms with Gasteiger partial charge < -0.3 is 21.1 Å². The van der Waals surface area contributed by atoms with Crippen molar-refractivity contribution in [2.45, 2.75) is 19.8 Å². The summed E-state index contributed by atoms with van der Waals surface area (Å²) in [7, 11) is 0. The van der Waals surface area contributed by atoms with Gasteiger partial charge in [0.1, 0.15) is 0 Å². The van der Waals surface area contributed by atoms with Crippen molar-refractivity contribution in [2.24, 2.45) is 11.1 Å². The van der Waals surface area contributed by atoms with E-state index in [4.69, 9.17) is 10.8 Å². The van der Waals surface area contributed by atoms with Crippen LogP contribution in [0.2, 0.25) is 0 Å². The molecule has 1 rings (SSSR count). The molecule has 2 amide bonds. The van der Waals surface area contributed by atoms with Crippen molar-refractivity contribution in [3.63, 3.8) is 0 Å². The number of carbonyl (C=O) groups excluding carboxylic acids is 2. The molecule has 7 heteroatoms. The SMILES string of the molecule is CC1(C(=O)O)CCCN(C(=O)CNC(=O)CN)C1. The number of hydrogen-bond donors (Lipinski definition) is 3. The number of carboxylic acids is 1. The van der Waals surface area contributed by atoms with Crippen molar-refractivity contribution in [3.8, 4) is 0 Å². The topological polar surface area (TPSA) is 113 Å². The lowest BCUT2D eigenvalue weighted by molar-refractivity contribution is -0.153. The first kappa shape index (κ1) is 14.4. The highest BCUT2D eigenvalue weighted by Gasteiger charge is 2.39. The zero-order valence-corrected chi connectivity index (χ0v) is 10.4. The number of nitrogens with two attached hydrogens (primary N) is 1. The van der Waals surface area contributed by atoms with E-state index < -0.39 is 17.3 Å². The van der Waals surface area contributed by atoms with Crippen LogP contribution in [-0.4, -0.2) is 54.0 Å². The van der Waals surface area contributed by atoms with Crippen LogP contribution in [0.15, 0.2) is 0 Å². The van der Waals surface area contributed by atoms with Gasteiger partial charge in [0.25, 0.3) is 0 Å². The lowest BCUT2D eigenvalue weighted by atomic mass is 9.82. The van der Waals surface area contributed by atoms with E-state index >= 15 is 0 Å². The van der Waals surface area contributed by atoms with E-state index in [1.165, 1.54) is 4.90 Å². The summed E-state index contributed by atoms with van der Waals surface area (Å²) in [6.45, 7) is 2.04. The van der Waals surface area contributed by atoms with Crippen LogP contribution in [0.5, 0.6) is 0 Å². The Balaban J connectivity index is 2.53. The number of carboxylic acid groups (broad SMARTS) is 1. The molecule has 0 aromatic carbocycles. The molecule has 1 unspecified atom stereocenters. The van der Waals surface area contributed by atoms with E-state index in [-0.39, 0.29) is 25.5 Å². The van der Waals surface area contributed by atoms with Crippen LogP contribution >= 0.6 is 0 Å². The van der Waals surface area contributed by atoms with Gasteiger partial charge in [-0.2, -0.15) is 0 Å². The summed E-state index contributed by atoms with van der Waals surface area (Å²) >= 11 is 0. The molecule has 1 aliphatic heterocycles. The van der Waals surface area contributed by atoms with Crippen LogP contribution in [0.1, 0.15) is 19.8 Å². The molecule has 0 aliphatic carbocycles. The number of aliphatic carboxylic acids is 1. The molecule has 1 heterocycles. The van der Waals surface area contributed by atoms with Gasteiger partial charge in [-0.15, -0.1) is 0 Å². The summed E-state index contributed by atoms with van der Waals surface area (Å²) in [6.07, 6.45) is 1.21. The zero-order valence-electron chi connectivity index (χ0n) is 10.4. The number of carbonyl (C=O) groups is 3. The maximum Gasteiger partial charge on any atom is 0.311 e. The maximum absolute atomic E-state index is 11.8. The fourth-order valence-electron chi connectivity index (χ4n) is 1.99. The summed E-state index contributed by atoms with van der Waals surface area (Å²) in [4.78, 5) is 35.4. The van der Waals surface area contributed by atoms with E-state index in [2.05, 4.69) is 5.32 Å². The van der Waals surface area contributed by atoms with Crippen molar-refractivity contribution in [3.05, 3.63) is 0 Å². The van der Waals surface area contributed by atoms with Gasteiger partial charge in [-0.1, -0.05) is 0 Å². The molecule has 1 aliphatic rings. The van der Waals surface area contributed by atoms with Gasteiger partial charge in [0, 0.05) is 13.1 Å². The molecular weight excluding hydrogens is 238 g/mol. The molecule has 4 N–H and O–H groups in total. The zero-order chi connectivity index (χ0) is 13.8. The number of rotatable bonds is 4. The molecule has 0 spiro atoms. The van der Waals surface area contributed by atoms with Crippen molar-refractivity contribution < 1.29 is 19.5 Å². The third-order valence-electron chi connectivity index (χ3n) is 3.19. The summed E-state index contributed by atoms with van der Waals surface area (Å²) in [5.74, 6) is -1.57. The van der Waals surface area contributed by atoms with E-state index in [1.54, 1.807) is 6.92 Å². The molecule has 1 fully saturated rings. The normalized spacial score (nSPS) is 23.6. The molecule has 18 heavy (non-hydrogen) atoms. The quantitative estimate of drug-likeness (QED) is 0.584. The largest absolute Gasteiger partial charge is 0.481 e. The van der Waals surface area contributed by atoms with Crippen molar-refractivity contribution in [1.82, 2.24) is 10.2 Å². The second kappa shape index (κ2) is 5.81. The summed E-state index contributed by atoms with van der Waals surface area (Å²) in [5, 5.41) is 11.5. The molecule has 0 aromatic heterocycles. The predicted molar refractivity (Wildman–Crippen MR) is 63.6 cm³/mol. The average molecular weight is 257 g/mol. The van der Waals surface area contributed by atoms with E-state index in [1.807, 2.05) is 0 Å². The van der Waals surface area contributed by atoms with Gasteiger partial charge >= 0.3 is 5.97 Å². The summed E-state index contributed by atoms with van der Waals surface area (Å²) in [5.41, 5.74) is 4.21. The first-order valence-electron chi connectivity index (χ1n) is 5.87.